The molecule has 8 heteroatoms. The number of nitrogens with one attached hydrogen (secondary N) is 2. The normalized spacial score (nSPS) is 15.3. The number of benzene rings is 1. The fourth-order valence-electron chi connectivity index (χ4n) is 3.30. The summed E-state index contributed by atoms with van der Waals surface area (Å²) in [6.45, 7) is 12.9. The van der Waals surface area contributed by atoms with Gasteiger partial charge in [0.2, 0.25) is 0 Å². The number of aliphatic imine (C=N–C) groups is 1. The summed E-state index contributed by atoms with van der Waals surface area (Å²) in [6, 6.07) is 4.19. The number of fused-ring (bicyclic) bond motifs is 1. The lowest BCUT2D eigenvalue weighted by Crippen LogP contribution is -2.36. The molecule has 29 heavy (non-hydrogen) atoms. The number of aromatic nitrogens is 1. The Morgan fingerprint density at radius 2 is 2.10 bits per heavy atom. The molecule has 3 rings (SSSR count). The van der Waals surface area contributed by atoms with E-state index in [-0.39, 0.29) is 30.1 Å². The summed E-state index contributed by atoms with van der Waals surface area (Å²) in [4.78, 5) is 10.5. The summed E-state index contributed by atoms with van der Waals surface area (Å²) in [5.41, 5.74) is 3.33. The van der Waals surface area contributed by atoms with E-state index in [1.54, 1.807) is 11.3 Å². The second kappa shape index (κ2) is 11.0. The Balaban J connectivity index is 0.00000300. The van der Waals surface area contributed by atoms with Crippen molar-refractivity contribution in [3.63, 3.8) is 0 Å². The van der Waals surface area contributed by atoms with Crippen LogP contribution >= 0.6 is 35.3 Å². The highest BCUT2D eigenvalue weighted by molar-refractivity contribution is 14.0. The SMILES string of the molecule is CCNC(=NCc1cc2c(cc1OCC)CC(C)O2)NCc1sc(C)nc1C.I. The second-order valence-electron chi connectivity index (χ2n) is 6.92. The van der Waals surface area contributed by atoms with Crippen molar-refractivity contribution in [2.75, 3.05) is 13.2 Å². The van der Waals surface area contributed by atoms with Crippen LogP contribution < -0.4 is 20.1 Å². The summed E-state index contributed by atoms with van der Waals surface area (Å²) in [6.07, 6.45) is 1.14. The summed E-state index contributed by atoms with van der Waals surface area (Å²) >= 11 is 1.72. The van der Waals surface area contributed by atoms with Gasteiger partial charge in [-0.05, 0) is 46.8 Å². The van der Waals surface area contributed by atoms with Crippen LogP contribution in [0.15, 0.2) is 17.1 Å². The van der Waals surface area contributed by atoms with Crippen LogP contribution in [-0.4, -0.2) is 30.2 Å². The van der Waals surface area contributed by atoms with Gasteiger partial charge in [-0.15, -0.1) is 35.3 Å². The molecule has 1 aliphatic heterocycles. The first-order valence-electron chi connectivity index (χ1n) is 9.90. The van der Waals surface area contributed by atoms with Gasteiger partial charge >= 0.3 is 0 Å². The van der Waals surface area contributed by atoms with E-state index in [1.807, 2.05) is 20.8 Å². The van der Waals surface area contributed by atoms with E-state index in [0.717, 1.165) is 46.7 Å². The molecule has 2 heterocycles. The van der Waals surface area contributed by atoms with Gasteiger partial charge in [0, 0.05) is 29.0 Å². The third-order valence-corrected chi connectivity index (χ3v) is 5.62. The molecule has 0 amide bonds. The predicted molar refractivity (Wildman–Crippen MR) is 130 cm³/mol. The predicted octanol–water partition coefficient (Wildman–Crippen LogP) is 4.36. The number of aryl methyl sites for hydroxylation is 2. The van der Waals surface area contributed by atoms with Crippen molar-refractivity contribution in [3.8, 4) is 11.5 Å². The van der Waals surface area contributed by atoms with Crippen LogP contribution in [0.1, 0.15) is 47.5 Å². The number of halogens is 1. The lowest BCUT2D eigenvalue weighted by atomic mass is 10.1. The lowest BCUT2D eigenvalue weighted by molar-refractivity contribution is 0.254. The molecule has 0 spiro atoms. The smallest absolute Gasteiger partial charge is 0.191 e. The average Bonchev–Trinajstić information content (AvgIpc) is 3.17. The Morgan fingerprint density at radius 3 is 2.76 bits per heavy atom. The third kappa shape index (κ3) is 6.21. The zero-order valence-electron chi connectivity index (χ0n) is 17.8. The molecule has 1 aliphatic rings. The van der Waals surface area contributed by atoms with Crippen molar-refractivity contribution >= 4 is 41.3 Å². The quantitative estimate of drug-likeness (QED) is 0.317. The lowest BCUT2D eigenvalue weighted by Gasteiger charge is -2.13. The Labute approximate surface area is 194 Å². The van der Waals surface area contributed by atoms with Crippen molar-refractivity contribution in [2.24, 2.45) is 4.99 Å². The van der Waals surface area contributed by atoms with E-state index >= 15 is 0 Å². The van der Waals surface area contributed by atoms with Gasteiger partial charge in [0.1, 0.15) is 17.6 Å². The molecule has 0 fully saturated rings. The molecule has 6 nitrogen and oxygen atoms in total. The molecule has 0 bridgehead atoms. The molecule has 2 N–H and O–H groups in total. The van der Waals surface area contributed by atoms with Crippen LogP contribution in [0, 0.1) is 13.8 Å². The first-order chi connectivity index (χ1) is 13.5. The van der Waals surface area contributed by atoms with Gasteiger partial charge in [-0.25, -0.2) is 9.98 Å². The van der Waals surface area contributed by atoms with Crippen LogP contribution in [0.2, 0.25) is 0 Å². The maximum atomic E-state index is 5.91. The first kappa shape index (κ1) is 23.7. The van der Waals surface area contributed by atoms with E-state index in [4.69, 9.17) is 14.5 Å². The van der Waals surface area contributed by atoms with Crippen LogP contribution in [0.3, 0.4) is 0 Å². The molecule has 1 aromatic heterocycles. The molecule has 1 aromatic carbocycles. The minimum absolute atomic E-state index is 0. The second-order valence-corrected chi connectivity index (χ2v) is 8.21. The molecule has 0 radical (unpaired) electrons. The van der Waals surface area contributed by atoms with Gasteiger partial charge in [0.05, 0.1) is 30.4 Å². The molecule has 0 saturated carbocycles. The zero-order valence-corrected chi connectivity index (χ0v) is 20.9. The topological polar surface area (TPSA) is 67.8 Å². The number of ether oxygens (including phenoxy) is 2. The van der Waals surface area contributed by atoms with Crippen molar-refractivity contribution in [3.05, 3.63) is 38.8 Å². The van der Waals surface area contributed by atoms with E-state index in [2.05, 4.69) is 41.6 Å². The molecular weight excluding hydrogens is 499 g/mol. The largest absolute Gasteiger partial charge is 0.494 e. The van der Waals surface area contributed by atoms with Crippen LogP contribution in [-0.2, 0) is 19.5 Å². The molecule has 0 saturated heterocycles. The van der Waals surface area contributed by atoms with Gasteiger partial charge in [-0.3, -0.25) is 0 Å². The minimum atomic E-state index is 0. The van der Waals surface area contributed by atoms with Crippen LogP contribution in [0.5, 0.6) is 11.5 Å². The van der Waals surface area contributed by atoms with Gasteiger partial charge in [0.15, 0.2) is 5.96 Å². The van der Waals surface area contributed by atoms with Crippen molar-refractivity contribution < 1.29 is 9.47 Å². The molecule has 2 aromatic rings. The van der Waals surface area contributed by atoms with Crippen molar-refractivity contribution in [1.29, 1.82) is 0 Å². The summed E-state index contributed by atoms with van der Waals surface area (Å²) in [7, 11) is 0. The number of guanidine groups is 1. The summed E-state index contributed by atoms with van der Waals surface area (Å²) < 4.78 is 11.8. The van der Waals surface area contributed by atoms with E-state index < -0.39 is 0 Å². The maximum Gasteiger partial charge on any atom is 0.191 e. The zero-order chi connectivity index (χ0) is 20.1. The Morgan fingerprint density at radius 1 is 1.31 bits per heavy atom. The number of rotatable bonds is 7. The Bertz CT molecular complexity index is 853. The van der Waals surface area contributed by atoms with Crippen molar-refractivity contribution in [2.45, 2.75) is 60.2 Å². The molecule has 1 atom stereocenters. The van der Waals surface area contributed by atoms with E-state index in [0.29, 0.717) is 19.7 Å². The summed E-state index contributed by atoms with van der Waals surface area (Å²) in [5, 5.41) is 7.81. The fraction of sp³-hybridized carbons (Fsp3) is 0.524. The van der Waals surface area contributed by atoms with E-state index in [1.165, 1.54) is 10.4 Å². The molecule has 160 valence electrons. The number of nitrogens with zero attached hydrogens (tertiary/aromatic N) is 2. The molecule has 1 unspecified atom stereocenters. The van der Waals surface area contributed by atoms with Crippen LogP contribution in [0.25, 0.3) is 0 Å². The van der Waals surface area contributed by atoms with E-state index in [9.17, 15) is 0 Å². The van der Waals surface area contributed by atoms with Crippen molar-refractivity contribution in [1.82, 2.24) is 15.6 Å². The Hall–Kier alpha value is -1.55. The van der Waals surface area contributed by atoms with Gasteiger partial charge in [-0.2, -0.15) is 0 Å². The highest BCUT2D eigenvalue weighted by Gasteiger charge is 2.21. The van der Waals surface area contributed by atoms with Gasteiger partial charge in [-0.1, -0.05) is 0 Å². The first-order valence-corrected chi connectivity index (χ1v) is 10.7. The maximum absolute atomic E-state index is 5.91. The fourth-order valence-corrected chi connectivity index (χ4v) is 4.18. The highest BCUT2D eigenvalue weighted by Crippen LogP contribution is 2.35. The molecular formula is C21H31IN4O2S. The summed E-state index contributed by atoms with van der Waals surface area (Å²) in [5.74, 6) is 2.63. The molecule has 0 aliphatic carbocycles. The average molecular weight is 530 g/mol. The standard InChI is InChI=1S/C21H30N4O2S.HI/c1-6-22-21(24-12-20-14(4)25-15(5)28-20)23-11-17-10-19-16(8-13(3)27-19)9-18(17)26-7-2;/h9-10,13H,6-8,11-12H2,1-5H3,(H2,22,23,24);1H. The third-order valence-electron chi connectivity index (χ3n) is 4.55. The number of hydrogen-bond donors (Lipinski definition) is 2. The Kier molecular flexibility index (Phi) is 9.01. The van der Waals surface area contributed by atoms with Gasteiger partial charge in [0.25, 0.3) is 0 Å². The van der Waals surface area contributed by atoms with Gasteiger partial charge < -0.3 is 20.1 Å². The van der Waals surface area contributed by atoms with Crippen LogP contribution in [0.4, 0.5) is 0 Å². The highest BCUT2D eigenvalue weighted by atomic mass is 127. The minimum Gasteiger partial charge on any atom is -0.494 e. The number of hydrogen-bond acceptors (Lipinski definition) is 5. The monoisotopic (exact) mass is 530 g/mol. The number of thiazole rings is 1.